The average molecular weight is 305 g/mol. The van der Waals surface area contributed by atoms with Crippen LogP contribution in [0.4, 0.5) is 0 Å². The van der Waals surface area contributed by atoms with Crippen LogP contribution in [-0.4, -0.2) is 16.0 Å². The maximum Gasteiger partial charge on any atom is 0.230 e. The maximum absolute atomic E-state index is 11.3. The monoisotopic (exact) mass is 305 g/mol. The maximum atomic E-state index is 11.3. The van der Waals surface area contributed by atoms with Crippen molar-refractivity contribution < 1.29 is 9.32 Å². The molecule has 0 aromatic carbocycles. The van der Waals surface area contributed by atoms with Gasteiger partial charge in [-0.1, -0.05) is 37.3 Å². The Morgan fingerprint density at radius 3 is 2.68 bits per heavy atom. The summed E-state index contributed by atoms with van der Waals surface area (Å²) in [6.07, 6.45) is 9.14. The van der Waals surface area contributed by atoms with Crippen molar-refractivity contribution in [2.45, 2.75) is 77.2 Å². The number of fused-ring (bicyclic) bond motifs is 1. The summed E-state index contributed by atoms with van der Waals surface area (Å²) in [7, 11) is 0. The second-order valence-corrected chi connectivity index (χ2v) is 7.51. The van der Waals surface area contributed by atoms with Gasteiger partial charge in [-0.3, -0.25) is 4.79 Å². The molecule has 0 bridgehead atoms. The molecule has 0 radical (unpaired) electrons. The van der Waals surface area contributed by atoms with Gasteiger partial charge in [0.05, 0.1) is 5.54 Å². The first-order chi connectivity index (χ1) is 10.5. The van der Waals surface area contributed by atoms with Crippen molar-refractivity contribution in [1.82, 2.24) is 15.5 Å². The van der Waals surface area contributed by atoms with Gasteiger partial charge in [0.25, 0.3) is 0 Å². The summed E-state index contributed by atoms with van der Waals surface area (Å²) < 4.78 is 5.61. The fourth-order valence-corrected chi connectivity index (χ4v) is 4.38. The molecule has 3 atom stereocenters. The van der Waals surface area contributed by atoms with Crippen LogP contribution in [0.25, 0.3) is 0 Å². The Labute approximate surface area is 132 Å². The van der Waals surface area contributed by atoms with Crippen LogP contribution < -0.4 is 5.32 Å². The smallest absolute Gasteiger partial charge is 0.230 e. The second-order valence-electron chi connectivity index (χ2n) is 7.51. The van der Waals surface area contributed by atoms with E-state index in [0.717, 1.165) is 18.2 Å². The SMILES string of the molecule is CC(=O)NC(C)(C)c1noc([C@@H]2CCC[C@H]3CCCC[C@H]32)n1. The highest BCUT2D eigenvalue weighted by Gasteiger charge is 2.39. The van der Waals surface area contributed by atoms with Gasteiger partial charge in [-0.25, -0.2) is 0 Å². The quantitative estimate of drug-likeness (QED) is 0.927. The Morgan fingerprint density at radius 2 is 1.91 bits per heavy atom. The van der Waals surface area contributed by atoms with Crippen molar-refractivity contribution in [3.8, 4) is 0 Å². The number of nitrogens with one attached hydrogen (secondary N) is 1. The lowest BCUT2D eigenvalue weighted by Crippen LogP contribution is -2.40. The largest absolute Gasteiger partial charge is 0.344 e. The summed E-state index contributed by atoms with van der Waals surface area (Å²) in [6.45, 7) is 5.33. The molecule has 122 valence electrons. The van der Waals surface area contributed by atoms with Gasteiger partial charge in [0.2, 0.25) is 11.8 Å². The fraction of sp³-hybridized carbons (Fsp3) is 0.824. The third-order valence-electron chi connectivity index (χ3n) is 5.38. The Hall–Kier alpha value is -1.39. The Morgan fingerprint density at radius 1 is 1.18 bits per heavy atom. The van der Waals surface area contributed by atoms with Crippen molar-refractivity contribution in [2.24, 2.45) is 11.8 Å². The van der Waals surface area contributed by atoms with E-state index in [2.05, 4.69) is 15.5 Å². The van der Waals surface area contributed by atoms with Gasteiger partial charge in [-0.2, -0.15) is 4.98 Å². The molecule has 2 aliphatic rings. The minimum Gasteiger partial charge on any atom is -0.344 e. The predicted octanol–water partition coefficient (Wildman–Crippen LogP) is 3.51. The summed E-state index contributed by atoms with van der Waals surface area (Å²) in [5.74, 6) is 3.24. The molecule has 0 aliphatic heterocycles. The standard InChI is InChI=1S/C17H27N3O2/c1-11(21)19-17(2,3)16-18-15(22-20-16)14-10-6-8-12-7-4-5-9-13(12)14/h12-14H,4-10H2,1-3H3,(H,19,21)/t12-,13-,14-/m1/s1. The molecule has 1 heterocycles. The molecule has 5 heteroatoms. The van der Waals surface area contributed by atoms with E-state index in [9.17, 15) is 4.79 Å². The van der Waals surface area contributed by atoms with Crippen molar-refractivity contribution in [3.05, 3.63) is 11.7 Å². The molecule has 2 saturated carbocycles. The minimum atomic E-state index is -0.589. The molecule has 2 fully saturated rings. The summed E-state index contributed by atoms with van der Waals surface area (Å²) in [5.41, 5.74) is -0.589. The highest BCUT2D eigenvalue weighted by Crippen LogP contribution is 2.47. The first kappa shape index (κ1) is 15.5. The molecular formula is C17H27N3O2. The van der Waals surface area contributed by atoms with Crippen molar-refractivity contribution >= 4 is 5.91 Å². The number of nitrogens with zero attached hydrogens (tertiary/aromatic N) is 2. The number of carbonyl (C=O) groups is 1. The predicted molar refractivity (Wildman–Crippen MR) is 83.2 cm³/mol. The van der Waals surface area contributed by atoms with E-state index < -0.39 is 5.54 Å². The van der Waals surface area contributed by atoms with E-state index in [-0.39, 0.29) is 5.91 Å². The van der Waals surface area contributed by atoms with E-state index in [0.29, 0.717) is 17.7 Å². The normalized spacial score (nSPS) is 29.0. The molecule has 22 heavy (non-hydrogen) atoms. The van der Waals surface area contributed by atoms with Gasteiger partial charge < -0.3 is 9.84 Å². The van der Waals surface area contributed by atoms with Crippen LogP contribution in [0.3, 0.4) is 0 Å². The third-order valence-corrected chi connectivity index (χ3v) is 5.38. The van der Waals surface area contributed by atoms with Gasteiger partial charge in [-0.15, -0.1) is 0 Å². The van der Waals surface area contributed by atoms with E-state index >= 15 is 0 Å². The summed E-state index contributed by atoms with van der Waals surface area (Å²) >= 11 is 0. The van der Waals surface area contributed by atoms with Crippen LogP contribution in [0, 0.1) is 11.8 Å². The molecule has 1 amide bonds. The van der Waals surface area contributed by atoms with Crippen LogP contribution in [0.5, 0.6) is 0 Å². The lowest BCUT2D eigenvalue weighted by atomic mass is 9.65. The number of carbonyl (C=O) groups excluding carboxylic acids is 1. The second kappa shape index (κ2) is 6.01. The Balaban J connectivity index is 1.79. The van der Waals surface area contributed by atoms with E-state index in [1.807, 2.05) is 13.8 Å². The number of aromatic nitrogens is 2. The Kier molecular flexibility index (Phi) is 4.24. The van der Waals surface area contributed by atoms with Gasteiger partial charge in [-0.05, 0) is 38.5 Å². The summed E-state index contributed by atoms with van der Waals surface area (Å²) in [6, 6.07) is 0. The zero-order valence-electron chi connectivity index (χ0n) is 13.9. The number of rotatable bonds is 3. The highest BCUT2D eigenvalue weighted by molar-refractivity contribution is 5.73. The van der Waals surface area contributed by atoms with Gasteiger partial charge in [0.15, 0.2) is 5.82 Å². The lowest BCUT2D eigenvalue weighted by Gasteiger charge is -2.39. The lowest BCUT2D eigenvalue weighted by molar-refractivity contribution is -0.120. The number of amides is 1. The van der Waals surface area contributed by atoms with Crippen LogP contribution >= 0.6 is 0 Å². The number of hydrogen-bond donors (Lipinski definition) is 1. The molecule has 2 aliphatic carbocycles. The van der Waals surface area contributed by atoms with Gasteiger partial charge in [0.1, 0.15) is 0 Å². The first-order valence-corrected chi connectivity index (χ1v) is 8.60. The molecule has 0 unspecified atom stereocenters. The highest BCUT2D eigenvalue weighted by atomic mass is 16.5. The Bertz CT molecular complexity index is 536. The zero-order chi connectivity index (χ0) is 15.7. The molecule has 1 N–H and O–H groups in total. The van der Waals surface area contributed by atoms with Crippen LogP contribution in [0.2, 0.25) is 0 Å². The fourth-order valence-electron chi connectivity index (χ4n) is 4.38. The number of hydrogen-bond acceptors (Lipinski definition) is 4. The van der Waals surface area contributed by atoms with E-state index in [1.54, 1.807) is 0 Å². The summed E-state index contributed by atoms with van der Waals surface area (Å²) in [5, 5.41) is 7.04. The van der Waals surface area contributed by atoms with E-state index in [4.69, 9.17) is 4.52 Å². The molecule has 0 spiro atoms. The van der Waals surface area contributed by atoms with Gasteiger partial charge in [0, 0.05) is 12.8 Å². The van der Waals surface area contributed by atoms with Gasteiger partial charge >= 0.3 is 0 Å². The molecule has 1 aromatic rings. The van der Waals surface area contributed by atoms with Crippen LogP contribution in [0.1, 0.15) is 83.3 Å². The van der Waals surface area contributed by atoms with Crippen LogP contribution in [0.15, 0.2) is 4.52 Å². The molecule has 0 saturated heterocycles. The molecule has 3 rings (SSSR count). The third kappa shape index (κ3) is 3.03. The zero-order valence-corrected chi connectivity index (χ0v) is 13.9. The van der Waals surface area contributed by atoms with Crippen LogP contribution in [-0.2, 0) is 10.3 Å². The van der Waals surface area contributed by atoms with Crippen molar-refractivity contribution in [3.63, 3.8) is 0 Å². The molecule has 1 aromatic heterocycles. The molecule has 5 nitrogen and oxygen atoms in total. The average Bonchev–Trinajstić information content (AvgIpc) is 2.96. The van der Waals surface area contributed by atoms with E-state index in [1.165, 1.54) is 45.4 Å². The van der Waals surface area contributed by atoms with Crippen molar-refractivity contribution in [1.29, 1.82) is 0 Å². The summed E-state index contributed by atoms with van der Waals surface area (Å²) in [4.78, 5) is 16.0. The van der Waals surface area contributed by atoms with Crippen molar-refractivity contribution in [2.75, 3.05) is 0 Å². The minimum absolute atomic E-state index is 0.0821. The topological polar surface area (TPSA) is 68.0 Å². The molecular weight excluding hydrogens is 278 g/mol. The first-order valence-electron chi connectivity index (χ1n) is 8.60.